The van der Waals surface area contributed by atoms with Gasteiger partial charge in [-0.15, -0.1) is 6.42 Å². The lowest BCUT2D eigenvalue weighted by Crippen LogP contribution is -2.41. The van der Waals surface area contributed by atoms with Gasteiger partial charge in [-0.1, -0.05) is 44.9 Å². The number of carbonyl (C=O) groups is 1. The summed E-state index contributed by atoms with van der Waals surface area (Å²) in [6, 6.07) is 0. The number of amides is 1. The SMILES string of the molecule is C#CC(C)(C)NC(=O)CCCCCCCC. The van der Waals surface area contributed by atoms with E-state index in [-0.39, 0.29) is 5.91 Å². The Bertz CT molecular complexity index is 238. The molecule has 0 aliphatic heterocycles. The first-order valence-electron chi connectivity index (χ1n) is 6.30. The Labute approximate surface area is 100 Å². The molecule has 0 unspecified atom stereocenters. The van der Waals surface area contributed by atoms with Crippen LogP contribution < -0.4 is 5.32 Å². The molecule has 0 spiro atoms. The van der Waals surface area contributed by atoms with Crippen LogP contribution in [0.1, 0.15) is 65.7 Å². The van der Waals surface area contributed by atoms with Gasteiger partial charge in [0.2, 0.25) is 5.91 Å². The van der Waals surface area contributed by atoms with Crippen LogP contribution in [-0.4, -0.2) is 11.4 Å². The van der Waals surface area contributed by atoms with E-state index in [4.69, 9.17) is 6.42 Å². The van der Waals surface area contributed by atoms with Crippen LogP contribution >= 0.6 is 0 Å². The van der Waals surface area contributed by atoms with E-state index in [0.717, 1.165) is 12.8 Å². The van der Waals surface area contributed by atoms with E-state index in [0.29, 0.717) is 6.42 Å². The third kappa shape index (κ3) is 8.35. The number of terminal acetylenes is 1. The van der Waals surface area contributed by atoms with Crippen LogP contribution in [-0.2, 0) is 4.79 Å². The highest BCUT2D eigenvalue weighted by molar-refractivity contribution is 5.77. The highest BCUT2D eigenvalue weighted by Gasteiger charge is 2.15. The monoisotopic (exact) mass is 223 g/mol. The summed E-state index contributed by atoms with van der Waals surface area (Å²) in [7, 11) is 0. The normalized spacial score (nSPS) is 10.9. The number of rotatable bonds is 8. The molecule has 0 aromatic carbocycles. The average Bonchev–Trinajstić information content (AvgIpc) is 2.22. The van der Waals surface area contributed by atoms with Crippen LogP contribution in [0.3, 0.4) is 0 Å². The van der Waals surface area contributed by atoms with E-state index >= 15 is 0 Å². The molecule has 2 heteroatoms. The van der Waals surface area contributed by atoms with Crippen molar-refractivity contribution in [2.75, 3.05) is 0 Å². The van der Waals surface area contributed by atoms with Gasteiger partial charge in [0.25, 0.3) is 0 Å². The zero-order valence-electron chi connectivity index (χ0n) is 10.9. The molecule has 0 saturated carbocycles. The Balaban J connectivity index is 3.49. The standard InChI is InChI=1S/C14H25NO/c1-5-7-8-9-10-11-12-13(16)15-14(3,4)6-2/h2H,5,7-12H2,1,3-4H3,(H,15,16). The second-order valence-electron chi connectivity index (χ2n) is 4.84. The molecule has 0 heterocycles. The zero-order valence-corrected chi connectivity index (χ0v) is 10.9. The van der Waals surface area contributed by atoms with Crippen LogP contribution in [0, 0.1) is 12.3 Å². The number of hydrogen-bond donors (Lipinski definition) is 1. The van der Waals surface area contributed by atoms with Crippen molar-refractivity contribution in [1.82, 2.24) is 5.32 Å². The minimum absolute atomic E-state index is 0.0680. The summed E-state index contributed by atoms with van der Waals surface area (Å²) in [6.07, 6.45) is 13.1. The first-order valence-corrected chi connectivity index (χ1v) is 6.30. The molecule has 2 nitrogen and oxygen atoms in total. The summed E-state index contributed by atoms with van der Waals surface area (Å²) >= 11 is 0. The van der Waals surface area contributed by atoms with E-state index < -0.39 is 5.54 Å². The summed E-state index contributed by atoms with van der Waals surface area (Å²) in [6.45, 7) is 5.88. The second kappa shape index (κ2) is 8.21. The van der Waals surface area contributed by atoms with Crippen molar-refractivity contribution in [3.05, 3.63) is 0 Å². The quantitative estimate of drug-likeness (QED) is 0.496. The smallest absolute Gasteiger partial charge is 0.221 e. The first kappa shape index (κ1) is 15.0. The number of carbonyl (C=O) groups excluding carboxylic acids is 1. The molecule has 0 rings (SSSR count). The Kier molecular flexibility index (Phi) is 7.72. The number of unbranched alkanes of at least 4 members (excludes halogenated alkanes) is 5. The van der Waals surface area contributed by atoms with Crippen molar-refractivity contribution in [1.29, 1.82) is 0 Å². The predicted octanol–water partition coefficient (Wildman–Crippen LogP) is 3.27. The molecule has 0 aromatic heterocycles. The molecule has 0 aliphatic carbocycles. The molecule has 0 radical (unpaired) electrons. The van der Waals surface area contributed by atoms with Gasteiger partial charge in [0.05, 0.1) is 5.54 Å². The van der Waals surface area contributed by atoms with Gasteiger partial charge >= 0.3 is 0 Å². The van der Waals surface area contributed by atoms with Crippen molar-refractivity contribution < 1.29 is 4.79 Å². The lowest BCUT2D eigenvalue weighted by atomic mass is 10.1. The molecule has 0 atom stereocenters. The van der Waals surface area contributed by atoms with E-state index in [9.17, 15) is 4.79 Å². The maximum atomic E-state index is 11.5. The van der Waals surface area contributed by atoms with Gasteiger partial charge in [-0.25, -0.2) is 0 Å². The molecule has 92 valence electrons. The van der Waals surface area contributed by atoms with Gasteiger partial charge in [0.15, 0.2) is 0 Å². The topological polar surface area (TPSA) is 29.1 Å². The molecule has 0 saturated heterocycles. The van der Waals surface area contributed by atoms with Gasteiger partial charge in [0, 0.05) is 6.42 Å². The molecule has 1 amide bonds. The summed E-state index contributed by atoms with van der Waals surface area (Å²) in [5, 5.41) is 2.83. The third-order valence-electron chi connectivity index (χ3n) is 2.57. The molecular formula is C14H25NO. The van der Waals surface area contributed by atoms with Crippen LogP contribution in [0.15, 0.2) is 0 Å². The molecule has 0 aliphatic rings. The first-order chi connectivity index (χ1) is 7.52. The van der Waals surface area contributed by atoms with Crippen LogP contribution in [0.2, 0.25) is 0 Å². The number of nitrogens with one attached hydrogen (secondary N) is 1. The van der Waals surface area contributed by atoms with E-state index in [1.165, 1.54) is 25.7 Å². The Morgan fingerprint density at radius 2 is 1.75 bits per heavy atom. The zero-order chi connectivity index (χ0) is 12.4. The van der Waals surface area contributed by atoms with Crippen molar-refractivity contribution >= 4 is 5.91 Å². The third-order valence-corrected chi connectivity index (χ3v) is 2.57. The van der Waals surface area contributed by atoms with Crippen LogP contribution in [0.25, 0.3) is 0 Å². The summed E-state index contributed by atoms with van der Waals surface area (Å²) in [5.41, 5.74) is -0.515. The maximum Gasteiger partial charge on any atom is 0.221 e. The van der Waals surface area contributed by atoms with Crippen LogP contribution in [0.5, 0.6) is 0 Å². The van der Waals surface area contributed by atoms with Gasteiger partial charge < -0.3 is 5.32 Å². The molecule has 0 aromatic rings. The average molecular weight is 223 g/mol. The fourth-order valence-corrected chi connectivity index (χ4v) is 1.51. The molecule has 1 N–H and O–H groups in total. The summed E-state index contributed by atoms with van der Waals surface area (Å²) < 4.78 is 0. The van der Waals surface area contributed by atoms with Gasteiger partial charge in [-0.05, 0) is 20.3 Å². The molecule has 0 bridgehead atoms. The highest BCUT2D eigenvalue weighted by Crippen LogP contribution is 2.07. The maximum absolute atomic E-state index is 11.5. The Hall–Kier alpha value is -0.970. The highest BCUT2D eigenvalue weighted by atomic mass is 16.1. The summed E-state index contributed by atoms with van der Waals surface area (Å²) in [5.74, 6) is 2.63. The minimum atomic E-state index is -0.515. The number of hydrogen-bond acceptors (Lipinski definition) is 1. The van der Waals surface area contributed by atoms with Crippen LogP contribution in [0.4, 0.5) is 0 Å². The van der Waals surface area contributed by atoms with Gasteiger partial charge in [-0.3, -0.25) is 4.79 Å². The predicted molar refractivity (Wildman–Crippen MR) is 69.0 cm³/mol. The fraction of sp³-hybridized carbons (Fsp3) is 0.786. The lowest BCUT2D eigenvalue weighted by molar-refractivity contribution is -0.122. The van der Waals surface area contributed by atoms with E-state index in [1.807, 2.05) is 13.8 Å². The molecular weight excluding hydrogens is 198 g/mol. The molecule has 16 heavy (non-hydrogen) atoms. The van der Waals surface area contributed by atoms with Crippen molar-refractivity contribution in [2.24, 2.45) is 0 Å². The Morgan fingerprint density at radius 1 is 1.19 bits per heavy atom. The Morgan fingerprint density at radius 3 is 2.31 bits per heavy atom. The largest absolute Gasteiger partial charge is 0.340 e. The van der Waals surface area contributed by atoms with E-state index in [2.05, 4.69) is 18.2 Å². The summed E-state index contributed by atoms with van der Waals surface area (Å²) in [4.78, 5) is 11.5. The minimum Gasteiger partial charge on any atom is -0.340 e. The van der Waals surface area contributed by atoms with Gasteiger partial charge in [-0.2, -0.15) is 0 Å². The van der Waals surface area contributed by atoms with Crippen molar-refractivity contribution in [3.63, 3.8) is 0 Å². The lowest BCUT2D eigenvalue weighted by Gasteiger charge is -2.19. The van der Waals surface area contributed by atoms with Crippen molar-refractivity contribution in [3.8, 4) is 12.3 Å². The fourth-order valence-electron chi connectivity index (χ4n) is 1.51. The molecule has 0 fully saturated rings. The van der Waals surface area contributed by atoms with E-state index in [1.54, 1.807) is 0 Å². The van der Waals surface area contributed by atoms with Gasteiger partial charge in [0.1, 0.15) is 0 Å². The van der Waals surface area contributed by atoms with Crippen molar-refractivity contribution in [2.45, 2.75) is 71.3 Å². The second-order valence-corrected chi connectivity index (χ2v) is 4.84.